The van der Waals surface area contributed by atoms with Crippen molar-refractivity contribution in [1.29, 1.82) is 0 Å². The van der Waals surface area contributed by atoms with Crippen molar-refractivity contribution in [2.24, 2.45) is 5.92 Å². The summed E-state index contributed by atoms with van der Waals surface area (Å²) in [6.45, 7) is 0.524. The molecule has 110 valence electrons. The van der Waals surface area contributed by atoms with Crippen LogP contribution in [-0.4, -0.2) is 27.7 Å². The van der Waals surface area contributed by atoms with Crippen molar-refractivity contribution in [3.05, 3.63) is 47.5 Å². The summed E-state index contributed by atoms with van der Waals surface area (Å²) in [7, 11) is 1.65. The van der Waals surface area contributed by atoms with Gasteiger partial charge in [0.15, 0.2) is 0 Å². The second kappa shape index (κ2) is 5.60. The molecule has 21 heavy (non-hydrogen) atoms. The summed E-state index contributed by atoms with van der Waals surface area (Å²) >= 11 is 0. The molecule has 0 bridgehead atoms. The number of carbonyl (C=O) groups is 1. The van der Waals surface area contributed by atoms with Crippen LogP contribution in [0, 0.1) is 5.92 Å². The molecule has 0 amide bonds. The van der Waals surface area contributed by atoms with Crippen LogP contribution in [-0.2, 0) is 24.2 Å². The van der Waals surface area contributed by atoms with E-state index in [1.165, 1.54) is 0 Å². The number of carboxylic acid groups (broad SMARTS) is 1. The van der Waals surface area contributed by atoms with Crippen molar-refractivity contribution in [1.82, 2.24) is 9.55 Å². The van der Waals surface area contributed by atoms with Gasteiger partial charge in [-0.15, -0.1) is 0 Å². The maximum absolute atomic E-state index is 11.1. The van der Waals surface area contributed by atoms with Gasteiger partial charge in [0.2, 0.25) is 0 Å². The zero-order valence-electron chi connectivity index (χ0n) is 12.0. The lowest BCUT2D eigenvalue weighted by Crippen LogP contribution is -2.26. The van der Waals surface area contributed by atoms with Crippen molar-refractivity contribution in [3.63, 3.8) is 0 Å². The summed E-state index contributed by atoms with van der Waals surface area (Å²) in [6.07, 6.45) is 4.11. The Kier molecular flexibility index (Phi) is 3.64. The van der Waals surface area contributed by atoms with E-state index in [0.29, 0.717) is 13.0 Å². The van der Waals surface area contributed by atoms with Crippen LogP contribution in [0.1, 0.15) is 23.5 Å². The van der Waals surface area contributed by atoms with Gasteiger partial charge in [-0.25, -0.2) is 4.98 Å². The highest BCUT2D eigenvalue weighted by molar-refractivity contribution is 5.70. The topological polar surface area (TPSA) is 64.4 Å². The Balaban J connectivity index is 1.77. The Bertz CT molecular complexity index is 663. The first-order valence-electron chi connectivity index (χ1n) is 7.06. The molecule has 1 aliphatic heterocycles. The highest BCUT2D eigenvalue weighted by Crippen LogP contribution is 2.22. The lowest BCUT2D eigenvalue weighted by molar-refractivity contribution is -0.142. The van der Waals surface area contributed by atoms with Crippen LogP contribution in [0.5, 0.6) is 5.75 Å². The Morgan fingerprint density at radius 1 is 1.52 bits per heavy atom. The van der Waals surface area contributed by atoms with Gasteiger partial charge in [-0.1, -0.05) is 12.1 Å². The van der Waals surface area contributed by atoms with Gasteiger partial charge in [-0.2, -0.15) is 0 Å². The molecule has 1 aromatic heterocycles. The van der Waals surface area contributed by atoms with Crippen LogP contribution >= 0.6 is 0 Å². The number of aryl methyl sites for hydroxylation is 1. The van der Waals surface area contributed by atoms with Gasteiger partial charge in [-0.05, 0) is 24.1 Å². The summed E-state index contributed by atoms with van der Waals surface area (Å²) in [6, 6.07) is 7.92. The van der Waals surface area contributed by atoms with Crippen LogP contribution in [0.4, 0.5) is 0 Å². The van der Waals surface area contributed by atoms with Gasteiger partial charge < -0.3 is 14.4 Å². The molecular weight excluding hydrogens is 268 g/mol. The zero-order valence-corrected chi connectivity index (χ0v) is 12.0. The SMILES string of the molecule is COc1cccc(Cc2cn3c(n2)CCC(C(=O)O)C3)c1. The maximum atomic E-state index is 11.1. The number of methoxy groups -OCH3 is 1. The highest BCUT2D eigenvalue weighted by atomic mass is 16.5. The number of imidazole rings is 1. The molecule has 1 atom stereocenters. The molecule has 1 unspecified atom stereocenters. The van der Waals surface area contributed by atoms with E-state index in [-0.39, 0.29) is 5.92 Å². The fraction of sp³-hybridized carbons (Fsp3) is 0.375. The number of ether oxygens (including phenoxy) is 1. The molecule has 1 aromatic carbocycles. The predicted octanol–water partition coefficient (Wildman–Crippen LogP) is 2.13. The third kappa shape index (κ3) is 2.91. The Morgan fingerprint density at radius 3 is 3.14 bits per heavy atom. The average Bonchev–Trinajstić information content (AvgIpc) is 2.88. The summed E-state index contributed by atoms with van der Waals surface area (Å²) < 4.78 is 7.21. The summed E-state index contributed by atoms with van der Waals surface area (Å²) in [4.78, 5) is 15.7. The normalized spacial score (nSPS) is 17.3. The standard InChI is InChI=1S/C16H18N2O3/c1-21-14-4-2-3-11(8-14)7-13-10-18-9-12(16(19)20)5-6-15(18)17-13/h2-4,8,10,12H,5-7,9H2,1H3,(H,19,20). The van der Waals surface area contributed by atoms with Gasteiger partial charge in [0.05, 0.1) is 18.7 Å². The summed E-state index contributed by atoms with van der Waals surface area (Å²) in [5, 5.41) is 9.12. The maximum Gasteiger partial charge on any atom is 0.308 e. The van der Waals surface area contributed by atoms with Crippen molar-refractivity contribution in [2.45, 2.75) is 25.8 Å². The second-order valence-corrected chi connectivity index (χ2v) is 5.40. The number of nitrogens with zero attached hydrogens (tertiary/aromatic N) is 2. The molecule has 1 N–H and O–H groups in total. The number of hydrogen-bond acceptors (Lipinski definition) is 3. The largest absolute Gasteiger partial charge is 0.497 e. The minimum atomic E-state index is -0.719. The first kappa shape index (κ1) is 13.7. The molecule has 0 aliphatic carbocycles. The minimum absolute atomic E-state index is 0.295. The van der Waals surface area contributed by atoms with Gasteiger partial charge >= 0.3 is 5.97 Å². The smallest absolute Gasteiger partial charge is 0.308 e. The van der Waals surface area contributed by atoms with Crippen LogP contribution in [0.2, 0.25) is 0 Å². The van der Waals surface area contributed by atoms with Crippen molar-refractivity contribution < 1.29 is 14.6 Å². The number of fused-ring (bicyclic) bond motifs is 1. The molecule has 1 aliphatic rings. The third-order valence-electron chi connectivity index (χ3n) is 3.91. The molecule has 0 fully saturated rings. The first-order chi connectivity index (χ1) is 10.2. The van der Waals surface area contributed by atoms with E-state index in [9.17, 15) is 4.79 Å². The quantitative estimate of drug-likeness (QED) is 0.935. The number of hydrogen-bond donors (Lipinski definition) is 1. The highest BCUT2D eigenvalue weighted by Gasteiger charge is 2.25. The Labute approximate surface area is 123 Å². The molecule has 0 saturated heterocycles. The molecule has 3 rings (SSSR count). The number of benzene rings is 1. The fourth-order valence-corrected chi connectivity index (χ4v) is 2.78. The molecule has 5 heteroatoms. The van der Waals surface area contributed by atoms with E-state index in [0.717, 1.165) is 35.7 Å². The molecule has 0 saturated carbocycles. The van der Waals surface area contributed by atoms with E-state index < -0.39 is 5.97 Å². The van der Waals surface area contributed by atoms with E-state index in [1.807, 2.05) is 35.0 Å². The molecular formula is C16H18N2O3. The molecule has 0 spiro atoms. The molecule has 2 aromatic rings. The lowest BCUT2D eigenvalue weighted by atomic mass is 10.00. The van der Waals surface area contributed by atoms with Crippen molar-refractivity contribution in [2.75, 3.05) is 7.11 Å². The summed E-state index contributed by atoms with van der Waals surface area (Å²) in [5.74, 6) is 0.813. The number of aliphatic carboxylic acids is 1. The van der Waals surface area contributed by atoms with E-state index >= 15 is 0 Å². The molecule has 0 radical (unpaired) electrons. The van der Waals surface area contributed by atoms with E-state index in [1.54, 1.807) is 7.11 Å². The third-order valence-corrected chi connectivity index (χ3v) is 3.91. The van der Waals surface area contributed by atoms with Crippen LogP contribution < -0.4 is 4.74 Å². The fourth-order valence-electron chi connectivity index (χ4n) is 2.78. The second-order valence-electron chi connectivity index (χ2n) is 5.40. The lowest BCUT2D eigenvalue weighted by Gasteiger charge is -2.19. The molecule has 2 heterocycles. The number of carboxylic acids is 1. The minimum Gasteiger partial charge on any atom is -0.497 e. The van der Waals surface area contributed by atoms with E-state index in [2.05, 4.69) is 4.98 Å². The monoisotopic (exact) mass is 286 g/mol. The Morgan fingerprint density at radius 2 is 2.38 bits per heavy atom. The van der Waals surface area contributed by atoms with Gasteiger partial charge in [0.1, 0.15) is 11.6 Å². The zero-order chi connectivity index (χ0) is 14.8. The van der Waals surface area contributed by atoms with Crippen LogP contribution in [0.3, 0.4) is 0 Å². The van der Waals surface area contributed by atoms with Gasteiger partial charge in [0.25, 0.3) is 0 Å². The van der Waals surface area contributed by atoms with Crippen molar-refractivity contribution >= 4 is 5.97 Å². The van der Waals surface area contributed by atoms with Crippen molar-refractivity contribution in [3.8, 4) is 5.75 Å². The molecule has 5 nitrogen and oxygen atoms in total. The van der Waals surface area contributed by atoms with Gasteiger partial charge in [-0.3, -0.25) is 4.79 Å². The predicted molar refractivity (Wildman–Crippen MR) is 77.5 cm³/mol. The number of rotatable bonds is 4. The average molecular weight is 286 g/mol. The first-order valence-corrected chi connectivity index (χ1v) is 7.06. The Hall–Kier alpha value is -2.30. The van der Waals surface area contributed by atoms with E-state index in [4.69, 9.17) is 9.84 Å². The summed E-state index contributed by atoms with van der Waals surface area (Å²) in [5.41, 5.74) is 2.11. The van der Waals surface area contributed by atoms with Gasteiger partial charge in [0, 0.05) is 25.6 Å². The number of aromatic nitrogens is 2. The van der Waals surface area contributed by atoms with Crippen LogP contribution in [0.15, 0.2) is 30.5 Å². The van der Waals surface area contributed by atoms with Crippen LogP contribution in [0.25, 0.3) is 0 Å².